The van der Waals surface area contributed by atoms with Gasteiger partial charge in [0.15, 0.2) is 25.9 Å². The zero-order valence-electron chi connectivity index (χ0n) is 14.1. The maximum Gasteiger partial charge on any atom is 0.316 e. The van der Waals surface area contributed by atoms with E-state index in [4.69, 9.17) is 9.84 Å². The van der Waals surface area contributed by atoms with Gasteiger partial charge in [-0.25, -0.2) is 8.42 Å². The summed E-state index contributed by atoms with van der Waals surface area (Å²) >= 11 is 0. The van der Waals surface area contributed by atoms with Crippen molar-refractivity contribution in [2.75, 3.05) is 12.9 Å². The summed E-state index contributed by atoms with van der Waals surface area (Å²) in [6.07, 6.45) is -1.16. The van der Waals surface area contributed by atoms with Crippen molar-refractivity contribution in [3.05, 3.63) is 11.3 Å². The van der Waals surface area contributed by atoms with Crippen LogP contribution in [0, 0.1) is 5.41 Å². The molecule has 2 rings (SSSR count). The molecule has 0 spiro atoms. The first-order chi connectivity index (χ1) is 10.9. The number of hydrogen-bond acceptors (Lipinski definition) is 6. The number of allylic oxidation sites excluding steroid dienone is 1. The van der Waals surface area contributed by atoms with Crippen LogP contribution in [0.4, 0.5) is 0 Å². The Kier molecular flexibility index (Phi) is 4.70. The van der Waals surface area contributed by atoms with Gasteiger partial charge in [-0.3, -0.25) is 18.7 Å². The van der Waals surface area contributed by atoms with E-state index in [1.165, 1.54) is 18.9 Å². The molecule has 24 heavy (non-hydrogen) atoms. The molecule has 4 atom stereocenters. The number of methoxy groups -OCH3 is 1. The van der Waals surface area contributed by atoms with Crippen LogP contribution in [0.1, 0.15) is 27.7 Å². The van der Waals surface area contributed by atoms with Gasteiger partial charge < -0.3 is 9.84 Å². The van der Waals surface area contributed by atoms with Crippen molar-refractivity contribution in [2.45, 2.75) is 43.8 Å². The Morgan fingerprint density at radius 2 is 1.92 bits per heavy atom. The van der Waals surface area contributed by atoms with Crippen LogP contribution in [0.25, 0.3) is 0 Å². The zero-order valence-corrected chi connectivity index (χ0v) is 15.7. The number of sulfone groups is 1. The lowest BCUT2D eigenvalue weighted by molar-refractivity contribution is -0.160. The molecular formula is C14H21NO7S2. The number of fused-ring (bicyclic) bond motifs is 1. The minimum atomic E-state index is -4.09. The number of aliphatic carboxylic acids is 1. The third-order valence-corrected chi connectivity index (χ3v) is 8.96. The second-order valence-corrected chi connectivity index (χ2v) is 10.8. The van der Waals surface area contributed by atoms with Crippen LogP contribution < -0.4 is 0 Å². The van der Waals surface area contributed by atoms with Crippen molar-refractivity contribution in [1.29, 1.82) is 0 Å². The summed E-state index contributed by atoms with van der Waals surface area (Å²) in [5, 5.41) is 7.61. The van der Waals surface area contributed by atoms with Crippen LogP contribution in [-0.2, 0) is 35.0 Å². The van der Waals surface area contributed by atoms with Gasteiger partial charge in [0.1, 0.15) is 5.75 Å². The highest BCUT2D eigenvalue weighted by Gasteiger charge is 2.63. The van der Waals surface area contributed by atoms with Crippen LogP contribution in [0.3, 0.4) is 0 Å². The summed E-state index contributed by atoms with van der Waals surface area (Å²) in [5.74, 6) is -2.58. The second kappa shape index (κ2) is 5.92. The standard InChI is InChI=1S/C14H21NO7S2/c1-7-10(14(2,3)4)15-11(18)9(22-5)12(15)24(20,21)13(7)23(19)6-8(16)17/h9,12-13H,6H2,1-5H3,(H,16,17)/t9-,12+,13?,23?/m0/s1. The minimum Gasteiger partial charge on any atom is -0.481 e. The van der Waals surface area contributed by atoms with Gasteiger partial charge in [0.2, 0.25) is 0 Å². The molecule has 1 N–H and O–H groups in total. The topological polar surface area (TPSA) is 118 Å². The highest BCUT2D eigenvalue weighted by molar-refractivity contribution is 8.07. The van der Waals surface area contributed by atoms with Crippen LogP contribution in [0.2, 0.25) is 0 Å². The third-order valence-electron chi connectivity index (χ3n) is 4.07. The lowest BCUT2D eigenvalue weighted by atomic mass is 9.85. The fourth-order valence-electron chi connectivity index (χ4n) is 3.38. The zero-order chi connectivity index (χ0) is 18.6. The summed E-state index contributed by atoms with van der Waals surface area (Å²) in [5.41, 5.74) is 0.129. The highest BCUT2D eigenvalue weighted by Crippen LogP contribution is 2.47. The molecule has 0 aromatic carbocycles. The minimum absolute atomic E-state index is 0.251. The van der Waals surface area contributed by atoms with Gasteiger partial charge in [-0.15, -0.1) is 0 Å². The average molecular weight is 379 g/mol. The molecule has 2 aliphatic rings. The Labute approximate surface area is 143 Å². The highest BCUT2D eigenvalue weighted by atomic mass is 32.3. The first kappa shape index (κ1) is 19.1. The molecule has 1 fully saturated rings. The molecule has 0 aliphatic carbocycles. The van der Waals surface area contributed by atoms with Crippen LogP contribution >= 0.6 is 0 Å². The Morgan fingerprint density at radius 1 is 1.38 bits per heavy atom. The number of ether oxygens (including phenoxy) is 1. The first-order valence-electron chi connectivity index (χ1n) is 7.24. The van der Waals surface area contributed by atoms with E-state index >= 15 is 0 Å². The van der Waals surface area contributed by atoms with Crippen molar-refractivity contribution >= 4 is 32.5 Å². The average Bonchev–Trinajstić information content (AvgIpc) is 2.37. The first-order valence-corrected chi connectivity index (χ1v) is 10.2. The van der Waals surface area contributed by atoms with Gasteiger partial charge in [-0.2, -0.15) is 0 Å². The molecule has 0 aromatic heterocycles. The number of β-lactam (4-membered cyclic amide) rings is 1. The van der Waals surface area contributed by atoms with E-state index < -0.39 is 59.7 Å². The van der Waals surface area contributed by atoms with Crippen molar-refractivity contribution in [1.82, 2.24) is 4.90 Å². The van der Waals surface area contributed by atoms with E-state index in [9.17, 15) is 22.2 Å². The molecule has 0 radical (unpaired) electrons. The van der Waals surface area contributed by atoms with Gasteiger partial charge in [0.05, 0.1) is 10.8 Å². The Hall–Kier alpha value is -1.26. The van der Waals surface area contributed by atoms with Gasteiger partial charge in [-0.05, 0) is 12.5 Å². The molecule has 0 aromatic rings. The molecule has 1 amide bonds. The number of carbonyl (C=O) groups excluding carboxylic acids is 1. The molecule has 2 aliphatic heterocycles. The van der Waals surface area contributed by atoms with E-state index in [2.05, 4.69) is 0 Å². The molecule has 10 heteroatoms. The molecule has 8 nitrogen and oxygen atoms in total. The van der Waals surface area contributed by atoms with Crippen LogP contribution in [-0.4, -0.2) is 63.4 Å². The number of hydrogen-bond donors (Lipinski definition) is 1. The lowest BCUT2D eigenvalue weighted by Gasteiger charge is -2.53. The predicted molar refractivity (Wildman–Crippen MR) is 86.9 cm³/mol. The van der Waals surface area contributed by atoms with Gasteiger partial charge in [-0.1, -0.05) is 20.8 Å². The predicted octanol–water partition coefficient (Wildman–Crippen LogP) is 0.0776. The van der Waals surface area contributed by atoms with E-state index in [0.29, 0.717) is 5.70 Å². The van der Waals surface area contributed by atoms with E-state index in [1.54, 1.807) is 0 Å². The van der Waals surface area contributed by atoms with E-state index in [-0.39, 0.29) is 5.57 Å². The maximum atomic E-state index is 12.9. The molecule has 0 bridgehead atoms. The number of carboxylic acid groups (broad SMARTS) is 1. The number of carboxylic acids is 1. The summed E-state index contributed by atoms with van der Waals surface area (Å²) in [7, 11) is -5.01. The van der Waals surface area contributed by atoms with Crippen molar-refractivity contribution < 1.29 is 32.1 Å². The molecule has 0 saturated carbocycles. The van der Waals surface area contributed by atoms with Gasteiger partial charge >= 0.3 is 5.97 Å². The molecule has 2 heterocycles. The lowest BCUT2D eigenvalue weighted by Crippen LogP contribution is -2.72. The second-order valence-electron chi connectivity index (χ2n) is 6.88. The molecule has 2 unspecified atom stereocenters. The van der Waals surface area contributed by atoms with Crippen molar-refractivity contribution in [3.63, 3.8) is 0 Å². The van der Waals surface area contributed by atoms with Gasteiger partial charge in [0.25, 0.3) is 5.91 Å². The van der Waals surface area contributed by atoms with Gasteiger partial charge in [0, 0.05) is 18.2 Å². The third kappa shape index (κ3) is 2.70. The number of rotatable bonds is 4. The van der Waals surface area contributed by atoms with E-state index in [0.717, 1.165) is 0 Å². The fourth-order valence-corrected chi connectivity index (χ4v) is 7.96. The quantitative estimate of drug-likeness (QED) is 0.687. The fraction of sp³-hybridized carbons (Fsp3) is 0.714. The molecule has 1 saturated heterocycles. The largest absolute Gasteiger partial charge is 0.481 e. The number of nitrogens with zero attached hydrogens (tertiary/aromatic N) is 1. The number of amides is 1. The smallest absolute Gasteiger partial charge is 0.316 e. The van der Waals surface area contributed by atoms with E-state index in [1.807, 2.05) is 20.8 Å². The SMILES string of the molecule is CO[C@H]1C(=O)N2C(C(C)(C)C)=C(C)C(S(=O)CC(=O)O)S(=O)(=O)[C@H]12. The maximum absolute atomic E-state index is 12.9. The Bertz CT molecular complexity index is 748. The van der Waals surface area contributed by atoms with Crippen molar-refractivity contribution in [3.8, 4) is 0 Å². The normalized spacial score (nSPS) is 30.6. The summed E-state index contributed by atoms with van der Waals surface area (Å²) in [4.78, 5) is 24.4. The number of carbonyl (C=O) groups is 2. The molecule has 136 valence electrons. The summed E-state index contributed by atoms with van der Waals surface area (Å²) < 4.78 is 41.8. The summed E-state index contributed by atoms with van der Waals surface area (Å²) in [6, 6.07) is 0. The molecular weight excluding hydrogens is 358 g/mol. The summed E-state index contributed by atoms with van der Waals surface area (Å²) in [6.45, 7) is 6.93. The van der Waals surface area contributed by atoms with Crippen LogP contribution in [0.5, 0.6) is 0 Å². The monoisotopic (exact) mass is 379 g/mol. The van der Waals surface area contributed by atoms with Crippen LogP contribution in [0.15, 0.2) is 11.3 Å². The Balaban J connectivity index is 2.68. The Morgan fingerprint density at radius 3 is 2.33 bits per heavy atom. The van der Waals surface area contributed by atoms with Crippen molar-refractivity contribution in [2.24, 2.45) is 5.41 Å².